The topological polar surface area (TPSA) is 18.5 Å². The molecule has 5 heteroatoms. The number of rotatable bonds is 4. The molecule has 30 heavy (non-hydrogen) atoms. The number of aryl methyl sites for hydroxylation is 1. The van der Waals surface area contributed by atoms with E-state index >= 15 is 0 Å². The van der Waals surface area contributed by atoms with E-state index in [1.165, 1.54) is 0 Å². The molecule has 0 heterocycles. The molecule has 0 unspecified atom stereocenters. The van der Waals surface area contributed by atoms with Crippen LogP contribution in [0.25, 0.3) is 11.1 Å². The molecule has 1 aliphatic carbocycles. The third-order valence-corrected chi connectivity index (χ3v) is 5.47. The van der Waals surface area contributed by atoms with Gasteiger partial charge in [-0.15, -0.1) is 0 Å². The van der Waals surface area contributed by atoms with Crippen molar-refractivity contribution in [3.8, 4) is 11.5 Å². The molecule has 0 bridgehead atoms. The summed E-state index contributed by atoms with van der Waals surface area (Å²) in [6.07, 6.45) is -2.75. The van der Waals surface area contributed by atoms with Crippen molar-refractivity contribution in [2.75, 3.05) is 14.2 Å². The molecule has 4 rings (SSSR count). The van der Waals surface area contributed by atoms with Crippen molar-refractivity contribution < 1.29 is 22.6 Å². The lowest BCUT2D eigenvalue weighted by Gasteiger charge is -2.25. The molecule has 0 saturated carbocycles. The number of hydrogen-bond acceptors (Lipinski definition) is 2. The number of fused-ring (bicyclic) bond motifs is 1. The predicted octanol–water partition coefficient (Wildman–Crippen LogP) is 6.63. The van der Waals surface area contributed by atoms with E-state index in [0.717, 1.165) is 69.9 Å². The van der Waals surface area contributed by atoms with Crippen LogP contribution >= 0.6 is 0 Å². The first-order valence-corrected chi connectivity index (χ1v) is 9.63. The number of methoxy groups -OCH3 is 2. The van der Waals surface area contributed by atoms with Crippen LogP contribution in [0.15, 0.2) is 66.7 Å². The van der Waals surface area contributed by atoms with Crippen molar-refractivity contribution in [3.05, 3.63) is 94.5 Å². The minimum Gasteiger partial charge on any atom is -0.497 e. The summed E-state index contributed by atoms with van der Waals surface area (Å²) >= 11 is 0. The lowest BCUT2D eigenvalue weighted by molar-refractivity contribution is -0.137. The van der Waals surface area contributed by atoms with Gasteiger partial charge in [0.05, 0.1) is 19.8 Å². The zero-order valence-corrected chi connectivity index (χ0v) is 16.7. The summed E-state index contributed by atoms with van der Waals surface area (Å²) in [5.74, 6) is 1.53. The first kappa shape index (κ1) is 20.1. The second-order valence-electron chi connectivity index (χ2n) is 7.18. The van der Waals surface area contributed by atoms with E-state index in [1.807, 2.05) is 42.5 Å². The van der Waals surface area contributed by atoms with E-state index in [9.17, 15) is 13.2 Å². The minimum atomic E-state index is -4.36. The van der Waals surface area contributed by atoms with Gasteiger partial charge in [-0.05, 0) is 82.6 Å². The van der Waals surface area contributed by atoms with Crippen LogP contribution in [0.1, 0.15) is 34.2 Å². The monoisotopic (exact) mass is 410 g/mol. The normalized spacial score (nSPS) is 13.8. The van der Waals surface area contributed by atoms with Crippen LogP contribution in [0.4, 0.5) is 13.2 Å². The average Bonchev–Trinajstić information content (AvgIpc) is 2.77. The molecule has 0 N–H and O–H groups in total. The molecule has 0 atom stereocenters. The number of benzene rings is 3. The maximum absolute atomic E-state index is 13.1. The standard InChI is InChI=1S/C25H21F3O2/c1-29-20-10-5-16(6-11-20)22-13-7-18-15-21(30-2)12-14-23(18)24(22)17-3-8-19(9-4-17)25(26,27)28/h3-6,8-12,14-15H,7,13H2,1-2H3. The fraction of sp³-hybridized carbons (Fsp3) is 0.200. The van der Waals surface area contributed by atoms with Crippen molar-refractivity contribution in [1.29, 1.82) is 0 Å². The summed E-state index contributed by atoms with van der Waals surface area (Å²) in [6.45, 7) is 0. The minimum absolute atomic E-state index is 0.649. The van der Waals surface area contributed by atoms with E-state index < -0.39 is 11.7 Å². The Hall–Kier alpha value is -3.21. The number of alkyl halides is 3. The highest BCUT2D eigenvalue weighted by Gasteiger charge is 2.30. The van der Waals surface area contributed by atoms with Gasteiger partial charge in [-0.2, -0.15) is 13.2 Å². The highest BCUT2D eigenvalue weighted by molar-refractivity contribution is 6.00. The first-order valence-electron chi connectivity index (χ1n) is 9.63. The summed E-state index contributed by atoms with van der Waals surface area (Å²) in [6, 6.07) is 19.1. The Morgan fingerprint density at radius 3 is 1.90 bits per heavy atom. The molecule has 0 saturated heterocycles. The molecule has 0 amide bonds. The summed E-state index contributed by atoms with van der Waals surface area (Å²) in [5.41, 5.74) is 5.36. The molecule has 2 nitrogen and oxygen atoms in total. The number of allylic oxidation sites excluding steroid dienone is 1. The van der Waals surface area contributed by atoms with Crippen molar-refractivity contribution >= 4 is 11.1 Å². The Bertz CT molecular complexity index is 1080. The Morgan fingerprint density at radius 1 is 0.700 bits per heavy atom. The zero-order chi connectivity index (χ0) is 21.3. The fourth-order valence-electron chi connectivity index (χ4n) is 3.93. The zero-order valence-electron chi connectivity index (χ0n) is 16.7. The average molecular weight is 410 g/mol. The van der Waals surface area contributed by atoms with E-state index in [1.54, 1.807) is 26.4 Å². The Kier molecular flexibility index (Phi) is 5.29. The summed E-state index contributed by atoms with van der Waals surface area (Å²) in [5, 5.41) is 0. The maximum Gasteiger partial charge on any atom is 0.416 e. The molecule has 0 radical (unpaired) electrons. The molecule has 1 aliphatic rings. The Labute approximate surface area is 173 Å². The van der Waals surface area contributed by atoms with Crippen molar-refractivity contribution in [2.24, 2.45) is 0 Å². The van der Waals surface area contributed by atoms with Crippen LogP contribution < -0.4 is 9.47 Å². The summed E-state index contributed by atoms with van der Waals surface area (Å²) in [4.78, 5) is 0. The molecule has 0 aliphatic heterocycles. The van der Waals surface area contributed by atoms with Crippen LogP contribution in [-0.4, -0.2) is 14.2 Å². The van der Waals surface area contributed by atoms with Gasteiger partial charge in [0.25, 0.3) is 0 Å². The van der Waals surface area contributed by atoms with Gasteiger partial charge >= 0.3 is 6.18 Å². The van der Waals surface area contributed by atoms with Crippen LogP contribution in [0.3, 0.4) is 0 Å². The first-order chi connectivity index (χ1) is 14.4. The van der Waals surface area contributed by atoms with E-state index in [2.05, 4.69) is 0 Å². The van der Waals surface area contributed by atoms with Crippen LogP contribution in [0, 0.1) is 0 Å². The molecule has 3 aromatic rings. The van der Waals surface area contributed by atoms with E-state index in [4.69, 9.17) is 9.47 Å². The number of ether oxygens (including phenoxy) is 2. The van der Waals surface area contributed by atoms with Gasteiger partial charge in [0.2, 0.25) is 0 Å². The van der Waals surface area contributed by atoms with Gasteiger partial charge < -0.3 is 9.47 Å². The molecule has 0 spiro atoms. The van der Waals surface area contributed by atoms with Crippen molar-refractivity contribution in [3.63, 3.8) is 0 Å². The van der Waals surface area contributed by atoms with E-state index in [0.29, 0.717) is 0 Å². The second kappa shape index (κ2) is 7.90. The molecule has 0 aromatic heterocycles. The third kappa shape index (κ3) is 3.80. The van der Waals surface area contributed by atoms with Crippen LogP contribution in [0.2, 0.25) is 0 Å². The third-order valence-electron chi connectivity index (χ3n) is 5.47. The van der Waals surface area contributed by atoms with Crippen molar-refractivity contribution in [1.82, 2.24) is 0 Å². The smallest absolute Gasteiger partial charge is 0.416 e. The highest BCUT2D eigenvalue weighted by atomic mass is 19.4. The van der Waals surface area contributed by atoms with Gasteiger partial charge in [0, 0.05) is 0 Å². The van der Waals surface area contributed by atoms with Crippen LogP contribution in [0.5, 0.6) is 11.5 Å². The quantitative estimate of drug-likeness (QED) is 0.481. The second-order valence-corrected chi connectivity index (χ2v) is 7.18. The SMILES string of the molecule is COc1ccc(C2=C(c3ccc(C(F)(F)F)cc3)c3ccc(OC)cc3CC2)cc1. The van der Waals surface area contributed by atoms with Gasteiger partial charge in [0.1, 0.15) is 11.5 Å². The molecule has 3 aromatic carbocycles. The largest absolute Gasteiger partial charge is 0.497 e. The lowest BCUT2D eigenvalue weighted by atomic mass is 9.79. The summed E-state index contributed by atoms with van der Waals surface area (Å²) < 4.78 is 49.8. The molecule has 154 valence electrons. The lowest BCUT2D eigenvalue weighted by Crippen LogP contribution is -2.08. The maximum atomic E-state index is 13.1. The molecular formula is C25H21F3O2. The molecular weight excluding hydrogens is 389 g/mol. The van der Waals surface area contributed by atoms with Gasteiger partial charge in [-0.25, -0.2) is 0 Å². The van der Waals surface area contributed by atoms with Gasteiger partial charge in [-0.1, -0.05) is 30.3 Å². The number of hydrogen-bond donors (Lipinski definition) is 0. The van der Waals surface area contributed by atoms with Crippen LogP contribution in [-0.2, 0) is 12.6 Å². The van der Waals surface area contributed by atoms with Gasteiger partial charge in [-0.3, -0.25) is 0 Å². The predicted molar refractivity (Wildman–Crippen MR) is 112 cm³/mol. The van der Waals surface area contributed by atoms with Gasteiger partial charge in [0.15, 0.2) is 0 Å². The van der Waals surface area contributed by atoms with E-state index in [-0.39, 0.29) is 0 Å². The summed E-state index contributed by atoms with van der Waals surface area (Å²) in [7, 11) is 3.24. The molecule has 0 fully saturated rings. The number of halogens is 3. The Balaban J connectivity index is 1.89. The van der Waals surface area contributed by atoms with Crippen molar-refractivity contribution in [2.45, 2.75) is 19.0 Å². The highest BCUT2D eigenvalue weighted by Crippen LogP contribution is 2.42. The Morgan fingerprint density at radius 2 is 1.30 bits per heavy atom. The fourth-order valence-corrected chi connectivity index (χ4v) is 3.93.